The van der Waals surface area contributed by atoms with E-state index in [2.05, 4.69) is 21.2 Å². The Kier molecular flexibility index (Phi) is 7.38. The number of hydrogen-bond donors (Lipinski definition) is 1. The molecule has 0 aromatic heterocycles. The van der Waals surface area contributed by atoms with Crippen LogP contribution in [0.4, 0.5) is 10.5 Å². The van der Waals surface area contributed by atoms with Crippen LogP contribution >= 0.6 is 27.5 Å². The molecule has 0 saturated carbocycles. The molecule has 3 aromatic rings. The fourth-order valence-electron chi connectivity index (χ4n) is 3.81. The van der Waals surface area contributed by atoms with E-state index in [1.807, 2.05) is 43.3 Å². The molecule has 0 aliphatic carbocycles. The van der Waals surface area contributed by atoms with Gasteiger partial charge in [-0.2, -0.15) is 0 Å². The van der Waals surface area contributed by atoms with Crippen molar-refractivity contribution >= 4 is 57.1 Å². The summed E-state index contributed by atoms with van der Waals surface area (Å²) >= 11 is 9.67. The molecule has 1 fully saturated rings. The van der Waals surface area contributed by atoms with E-state index in [4.69, 9.17) is 16.3 Å². The molecule has 8 heteroatoms. The Morgan fingerprint density at radius 3 is 2.54 bits per heavy atom. The lowest BCUT2D eigenvalue weighted by atomic mass is 10.0. The van der Waals surface area contributed by atoms with Gasteiger partial charge in [-0.3, -0.25) is 14.9 Å². The van der Waals surface area contributed by atoms with Gasteiger partial charge in [-0.05, 0) is 66.4 Å². The van der Waals surface area contributed by atoms with Gasteiger partial charge in [0.05, 0.1) is 12.3 Å². The van der Waals surface area contributed by atoms with Crippen LogP contribution in [0.5, 0.6) is 5.75 Å². The largest absolute Gasteiger partial charge is 0.494 e. The lowest BCUT2D eigenvalue weighted by molar-refractivity contribution is -0.122. The van der Waals surface area contributed by atoms with E-state index in [9.17, 15) is 14.4 Å². The van der Waals surface area contributed by atoms with Crippen molar-refractivity contribution in [2.45, 2.75) is 20.3 Å². The van der Waals surface area contributed by atoms with Crippen molar-refractivity contribution in [3.8, 4) is 5.75 Å². The molecule has 0 bridgehead atoms. The van der Waals surface area contributed by atoms with Crippen molar-refractivity contribution in [2.24, 2.45) is 0 Å². The second-order valence-electron chi connectivity index (χ2n) is 7.96. The number of ether oxygens (including phenoxy) is 1. The molecule has 35 heavy (non-hydrogen) atoms. The molecule has 0 spiro atoms. The lowest BCUT2D eigenvalue weighted by Crippen LogP contribution is -2.54. The van der Waals surface area contributed by atoms with E-state index in [-0.39, 0.29) is 5.57 Å². The summed E-state index contributed by atoms with van der Waals surface area (Å²) in [6, 6.07) is 17.5. The minimum absolute atomic E-state index is 0.162. The quantitative estimate of drug-likeness (QED) is 0.297. The molecule has 0 radical (unpaired) electrons. The Labute approximate surface area is 216 Å². The van der Waals surface area contributed by atoms with Crippen LogP contribution in [-0.2, 0) is 16.0 Å². The number of nitrogens with one attached hydrogen (secondary N) is 1. The average Bonchev–Trinajstić information content (AvgIpc) is 2.82. The highest BCUT2D eigenvalue weighted by Crippen LogP contribution is 2.30. The fraction of sp³-hybridized carbons (Fsp3) is 0.148. The van der Waals surface area contributed by atoms with Gasteiger partial charge in [-0.1, -0.05) is 63.9 Å². The Bertz CT molecular complexity index is 1370. The van der Waals surface area contributed by atoms with Gasteiger partial charge in [-0.25, -0.2) is 9.69 Å². The normalized spacial score (nSPS) is 14.9. The van der Waals surface area contributed by atoms with E-state index in [1.165, 1.54) is 12.1 Å². The molecule has 4 rings (SSSR count). The summed E-state index contributed by atoms with van der Waals surface area (Å²) in [5.41, 5.74) is 3.49. The van der Waals surface area contributed by atoms with Crippen LogP contribution < -0.4 is 15.0 Å². The molecule has 1 N–H and O–H groups in total. The maximum absolute atomic E-state index is 13.3. The smallest absolute Gasteiger partial charge is 0.335 e. The predicted octanol–water partition coefficient (Wildman–Crippen LogP) is 6.07. The SMILES string of the molecule is CCOc1cc(/C=C2\C(=O)NC(=O)N(c3cc(Cl)ccc3C)C2=O)ccc1Cc1ccccc1Br. The summed E-state index contributed by atoms with van der Waals surface area (Å²) in [6.07, 6.45) is 2.10. The van der Waals surface area contributed by atoms with Crippen LogP contribution in [0.3, 0.4) is 0 Å². The number of anilines is 1. The van der Waals surface area contributed by atoms with E-state index < -0.39 is 17.8 Å². The van der Waals surface area contributed by atoms with Crippen LogP contribution in [0.25, 0.3) is 6.08 Å². The standard InChI is InChI=1S/C27H22BrClN2O4/c1-3-35-24-13-17(9-10-19(24)14-18-6-4-5-7-22(18)28)12-21-25(32)30-27(34)31(26(21)33)23-15-20(29)11-8-16(23)2/h4-13,15H,3,14H2,1-2H3,(H,30,32,34)/b21-12+. The second-order valence-corrected chi connectivity index (χ2v) is 9.25. The summed E-state index contributed by atoms with van der Waals surface area (Å²) < 4.78 is 6.86. The van der Waals surface area contributed by atoms with Crippen molar-refractivity contribution in [2.75, 3.05) is 11.5 Å². The molecular weight excluding hydrogens is 532 g/mol. The zero-order chi connectivity index (χ0) is 25.1. The molecule has 1 aliphatic rings. The van der Waals surface area contributed by atoms with E-state index in [1.54, 1.807) is 25.1 Å². The predicted molar refractivity (Wildman–Crippen MR) is 140 cm³/mol. The summed E-state index contributed by atoms with van der Waals surface area (Å²) in [4.78, 5) is 39.3. The van der Waals surface area contributed by atoms with Gasteiger partial charge in [-0.15, -0.1) is 0 Å². The third kappa shape index (κ3) is 5.31. The molecular formula is C27H22BrClN2O4. The zero-order valence-corrected chi connectivity index (χ0v) is 21.4. The van der Waals surface area contributed by atoms with Gasteiger partial charge in [0.2, 0.25) is 0 Å². The number of benzene rings is 3. The number of barbiturate groups is 1. The van der Waals surface area contributed by atoms with E-state index in [0.717, 1.165) is 20.5 Å². The summed E-state index contributed by atoms with van der Waals surface area (Å²) in [7, 11) is 0. The van der Waals surface area contributed by atoms with Crippen molar-refractivity contribution in [3.05, 3.63) is 98.0 Å². The minimum Gasteiger partial charge on any atom is -0.494 e. The van der Waals surface area contributed by atoms with Gasteiger partial charge < -0.3 is 4.74 Å². The van der Waals surface area contributed by atoms with Crippen LogP contribution in [-0.4, -0.2) is 24.5 Å². The number of urea groups is 1. The third-order valence-electron chi connectivity index (χ3n) is 5.55. The minimum atomic E-state index is -0.818. The molecule has 178 valence electrons. The summed E-state index contributed by atoms with van der Waals surface area (Å²) in [6.45, 7) is 4.10. The topological polar surface area (TPSA) is 75.7 Å². The lowest BCUT2D eigenvalue weighted by Gasteiger charge is -2.27. The van der Waals surface area contributed by atoms with E-state index >= 15 is 0 Å². The Balaban J connectivity index is 1.70. The maximum Gasteiger partial charge on any atom is 0.335 e. The molecule has 0 unspecified atom stereocenters. The average molecular weight is 554 g/mol. The van der Waals surface area contributed by atoms with Crippen LogP contribution in [0, 0.1) is 6.92 Å². The number of hydrogen-bond acceptors (Lipinski definition) is 4. The van der Waals surface area contributed by atoms with Crippen molar-refractivity contribution in [3.63, 3.8) is 0 Å². The highest BCUT2D eigenvalue weighted by Gasteiger charge is 2.37. The van der Waals surface area contributed by atoms with E-state index in [0.29, 0.717) is 40.6 Å². The molecule has 6 nitrogen and oxygen atoms in total. The number of imide groups is 2. The van der Waals surface area contributed by atoms with Gasteiger partial charge in [0.1, 0.15) is 11.3 Å². The number of carbonyl (C=O) groups excluding carboxylic acids is 3. The van der Waals surface area contributed by atoms with Gasteiger partial charge in [0.15, 0.2) is 0 Å². The molecule has 1 saturated heterocycles. The Morgan fingerprint density at radius 1 is 1.03 bits per heavy atom. The second kappa shape index (κ2) is 10.5. The summed E-state index contributed by atoms with van der Waals surface area (Å²) in [5.74, 6) is -0.828. The number of amides is 4. The first kappa shape index (κ1) is 24.7. The number of nitrogens with zero attached hydrogens (tertiary/aromatic N) is 1. The molecule has 1 heterocycles. The van der Waals surface area contributed by atoms with Crippen molar-refractivity contribution in [1.82, 2.24) is 5.32 Å². The monoisotopic (exact) mass is 552 g/mol. The van der Waals surface area contributed by atoms with Gasteiger partial charge in [0, 0.05) is 15.9 Å². The van der Waals surface area contributed by atoms with Crippen molar-refractivity contribution in [1.29, 1.82) is 0 Å². The third-order valence-corrected chi connectivity index (χ3v) is 6.56. The number of halogens is 2. The number of rotatable bonds is 6. The van der Waals surface area contributed by atoms with Crippen LogP contribution in [0.1, 0.15) is 29.2 Å². The van der Waals surface area contributed by atoms with Gasteiger partial charge in [0.25, 0.3) is 11.8 Å². The first-order valence-electron chi connectivity index (χ1n) is 10.9. The highest BCUT2D eigenvalue weighted by atomic mass is 79.9. The Hall–Kier alpha value is -3.42. The molecule has 1 aliphatic heterocycles. The van der Waals surface area contributed by atoms with Crippen LogP contribution in [0.15, 0.2) is 70.7 Å². The number of carbonyl (C=O) groups is 3. The first-order valence-corrected chi connectivity index (χ1v) is 12.1. The van der Waals surface area contributed by atoms with Crippen molar-refractivity contribution < 1.29 is 19.1 Å². The molecule has 3 aromatic carbocycles. The Morgan fingerprint density at radius 2 is 1.80 bits per heavy atom. The van der Waals surface area contributed by atoms with Crippen LogP contribution in [0.2, 0.25) is 5.02 Å². The highest BCUT2D eigenvalue weighted by molar-refractivity contribution is 9.10. The zero-order valence-electron chi connectivity index (χ0n) is 19.1. The molecule has 0 atom stereocenters. The number of aryl methyl sites for hydroxylation is 1. The summed E-state index contributed by atoms with van der Waals surface area (Å²) in [5, 5.41) is 2.62. The maximum atomic E-state index is 13.3. The first-order chi connectivity index (χ1) is 16.8. The van der Waals surface area contributed by atoms with Gasteiger partial charge >= 0.3 is 6.03 Å². The fourth-order valence-corrected chi connectivity index (χ4v) is 4.40. The molecule has 4 amide bonds.